The second-order valence-corrected chi connectivity index (χ2v) is 5.17. The van der Waals surface area contributed by atoms with Crippen molar-refractivity contribution in [3.05, 3.63) is 47.6 Å². The van der Waals surface area contributed by atoms with Crippen molar-refractivity contribution in [1.82, 2.24) is 10.1 Å². The molecular formula is C15H20ClN3O. The van der Waals surface area contributed by atoms with Gasteiger partial charge in [0.2, 0.25) is 5.89 Å². The second kappa shape index (κ2) is 6.86. The third-order valence-electron chi connectivity index (χ3n) is 3.91. The number of halogens is 1. The molecule has 1 aliphatic carbocycles. The first-order valence-corrected chi connectivity index (χ1v) is 6.97. The van der Waals surface area contributed by atoms with Crippen LogP contribution in [0.4, 0.5) is 0 Å². The van der Waals surface area contributed by atoms with Crippen LogP contribution in [0.3, 0.4) is 0 Å². The molecule has 1 unspecified atom stereocenters. The van der Waals surface area contributed by atoms with Crippen LogP contribution in [0.5, 0.6) is 0 Å². The van der Waals surface area contributed by atoms with E-state index in [1.54, 1.807) is 0 Å². The molecule has 1 saturated carbocycles. The summed E-state index contributed by atoms with van der Waals surface area (Å²) in [5.41, 5.74) is 7.00. The summed E-state index contributed by atoms with van der Waals surface area (Å²) in [5.74, 6) is 1.99. The van der Waals surface area contributed by atoms with E-state index in [0.29, 0.717) is 18.4 Å². The Hall–Kier alpha value is -1.39. The van der Waals surface area contributed by atoms with Gasteiger partial charge >= 0.3 is 0 Å². The maximum Gasteiger partial charge on any atom is 0.235 e. The molecule has 0 bridgehead atoms. The Morgan fingerprint density at radius 3 is 2.55 bits per heavy atom. The maximum absolute atomic E-state index is 5.87. The zero-order chi connectivity index (χ0) is 13.1. The number of hydrogen-bond donors (Lipinski definition) is 1. The quantitative estimate of drug-likeness (QED) is 0.940. The number of hydrogen-bond acceptors (Lipinski definition) is 4. The minimum absolute atomic E-state index is 0. The average molecular weight is 294 g/mol. The van der Waals surface area contributed by atoms with Gasteiger partial charge in [-0.2, -0.15) is 4.98 Å². The van der Waals surface area contributed by atoms with Crippen molar-refractivity contribution in [1.29, 1.82) is 0 Å². The Balaban J connectivity index is 0.00000147. The molecule has 1 atom stereocenters. The SMILES string of the molecule is Cl.NCC(c1ccccc1)c1nc(C2CCCC2)no1. The molecule has 2 N–H and O–H groups in total. The highest BCUT2D eigenvalue weighted by molar-refractivity contribution is 5.85. The molecule has 1 aromatic heterocycles. The van der Waals surface area contributed by atoms with Crippen LogP contribution < -0.4 is 5.73 Å². The van der Waals surface area contributed by atoms with Crippen molar-refractivity contribution in [3.8, 4) is 0 Å². The average Bonchev–Trinajstić information content (AvgIpc) is 3.11. The summed E-state index contributed by atoms with van der Waals surface area (Å²) in [7, 11) is 0. The van der Waals surface area contributed by atoms with Gasteiger partial charge in [0.25, 0.3) is 0 Å². The van der Waals surface area contributed by atoms with Gasteiger partial charge in [0, 0.05) is 12.5 Å². The summed E-state index contributed by atoms with van der Waals surface area (Å²) >= 11 is 0. The Bertz CT molecular complexity index is 523. The predicted molar refractivity (Wildman–Crippen MR) is 80.1 cm³/mol. The number of benzene rings is 1. The minimum atomic E-state index is 0. The van der Waals surface area contributed by atoms with E-state index in [0.717, 1.165) is 11.4 Å². The summed E-state index contributed by atoms with van der Waals surface area (Å²) in [4.78, 5) is 4.58. The Kier molecular flexibility index (Phi) is 5.15. The fourth-order valence-electron chi connectivity index (χ4n) is 2.80. The first-order valence-electron chi connectivity index (χ1n) is 6.97. The van der Waals surface area contributed by atoms with E-state index in [2.05, 4.69) is 22.3 Å². The lowest BCUT2D eigenvalue weighted by Gasteiger charge is -2.09. The van der Waals surface area contributed by atoms with Crippen molar-refractivity contribution in [3.63, 3.8) is 0 Å². The van der Waals surface area contributed by atoms with Crippen LogP contribution in [0.15, 0.2) is 34.9 Å². The molecule has 0 radical (unpaired) electrons. The van der Waals surface area contributed by atoms with Gasteiger partial charge in [-0.25, -0.2) is 0 Å². The molecule has 20 heavy (non-hydrogen) atoms. The van der Waals surface area contributed by atoms with Gasteiger partial charge in [0.15, 0.2) is 5.82 Å². The number of aromatic nitrogens is 2. The highest BCUT2D eigenvalue weighted by atomic mass is 35.5. The molecule has 108 valence electrons. The van der Waals surface area contributed by atoms with Gasteiger partial charge in [-0.3, -0.25) is 0 Å². The molecular weight excluding hydrogens is 274 g/mol. The zero-order valence-electron chi connectivity index (χ0n) is 11.4. The first-order chi connectivity index (χ1) is 9.38. The van der Waals surface area contributed by atoms with Crippen LogP contribution in [-0.2, 0) is 0 Å². The summed E-state index contributed by atoms with van der Waals surface area (Å²) in [5, 5.41) is 4.15. The van der Waals surface area contributed by atoms with Crippen LogP contribution in [0.2, 0.25) is 0 Å². The van der Waals surface area contributed by atoms with E-state index >= 15 is 0 Å². The summed E-state index contributed by atoms with van der Waals surface area (Å²) in [6.07, 6.45) is 4.90. The highest BCUT2D eigenvalue weighted by Crippen LogP contribution is 2.33. The van der Waals surface area contributed by atoms with E-state index in [9.17, 15) is 0 Å². The Morgan fingerprint density at radius 2 is 1.90 bits per heavy atom. The van der Waals surface area contributed by atoms with Crippen molar-refractivity contribution in [2.45, 2.75) is 37.5 Å². The third kappa shape index (κ3) is 3.02. The Labute approximate surface area is 125 Å². The summed E-state index contributed by atoms with van der Waals surface area (Å²) in [6.45, 7) is 0.482. The number of rotatable bonds is 4. The summed E-state index contributed by atoms with van der Waals surface area (Å²) < 4.78 is 5.44. The van der Waals surface area contributed by atoms with Gasteiger partial charge in [-0.15, -0.1) is 12.4 Å². The van der Waals surface area contributed by atoms with Gasteiger partial charge in [-0.05, 0) is 18.4 Å². The molecule has 3 rings (SSSR count). The van der Waals surface area contributed by atoms with Gasteiger partial charge in [0.05, 0.1) is 5.92 Å². The molecule has 0 amide bonds. The van der Waals surface area contributed by atoms with Crippen molar-refractivity contribution in [2.75, 3.05) is 6.54 Å². The van der Waals surface area contributed by atoms with Crippen molar-refractivity contribution < 1.29 is 4.52 Å². The maximum atomic E-state index is 5.87. The number of nitrogens with two attached hydrogens (primary N) is 1. The normalized spacial score (nSPS) is 16.9. The van der Waals surface area contributed by atoms with Crippen molar-refractivity contribution >= 4 is 12.4 Å². The molecule has 0 saturated heterocycles. The van der Waals surface area contributed by atoms with Gasteiger partial charge in [-0.1, -0.05) is 48.3 Å². The fraction of sp³-hybridized carbons (Fsp3) is 0.467. The molecule has 0 aliphatic heterocycles. The van der Waals surface area contributed by atoms with Crippen LogP contribution in [0.1, 0.15) is 54.8 Å². The minimum Gasteiger partial charge on any atom is -0.339 e. The van der Waals surface area contributed by atoms with E-state index in [1.165, 1.54) is 25.7 Å². The molecule has 1 fully saturated rings. The molecule has 0 spiro atoms. The summed E-state index contributed by atoms with van der Waals surface area (Å²) in [6, 6.07) is 10.1. The molecule has 1 heterocycles. The van der Waals surface area contributed by atoms with Gasteiger partial charge < -0.3 is 10.3 Å². The van der Waals surface area contributed by atoms with E-state index in [4.69, 9.17) is 10.3 Å². The largest absolute Gasteiger partial charge is 0.339 e. The predicted octanol–water partition coefficient (Wildman–Crippen LogP) is 3.24. The van der Waals surface area contributed by atoms with Crippen molar-refractivity contribution in [2.24, 2.45) is 5.73 Å². The molecule has 2 aromatic rings. The second-order valence-electron chi connectivity index (χ2n) is 5.17. The molecule has 1 aromatic carbocycles. The van der Waals surface area contributed by atoms with E-state index in [1.807, 2.05) is 18.2 Å². The highest BCUT2D eigenvalue weighted by Gasteiger charge is 2.25. The van der Waals surface area contributed by atoms with Gasteiger partial charge in [0.1, 0.15) is 0 Å². The first kappa shape index (κ1) is 15.0. The van der Waals surface area contributed by atoms with Crippen LogP contribution in [-0.4, -0.2) is 16.7 Å². The lowest BCUT2D eigenvalue weighted by molar-refractivity contribution is 0.359. The van der Waals surface area contributed by atoms with E-state index < -0.39 is 0 Å². The molecule has 1 aliphatic rings. The molecule has 4 nitrogen and oxygen atoms in total. The standard InChI is InChI=1S/C15H19N3O.ClH/c16-10-13(11-6-2-1-3-7-11)15-17-14(18-19-15)12-8-4-5-9-12;/h1-3,6-7,12-13H,4-5,8-10,16H2;1H. The Morgan fingerprint density at radius 1 is 1.20 bits per heavy atom. The molecule has 5 heteroatoms. The fourth-order valence-corrected chi connectivity index (χ4v) is 2.80. The smallest absolute Gasteiger partial charge is 0.235 e. The topological polar surface area (TPSA) is 64.9 Å². The van der Waals surface area contributed by atoms with E-state index in [-0.39, 0.29) is 18.3 Å². The lowest BCUT2D eigenvalue weighted by atomic mass is 9.99. The monoisotopic (exact) mass is 293 g/mol. The third-order valence-corrected chi connectivity index (χ3v) is 3.91. The zero-order valence-corrected chi connectivity index (χ0v) is 12.2. The number of nitrogens with zero attached hydrogens (tertiary/aromatic N) is 2. The van der Waals surface area contributed by atoms with Crippen LogP contribution >= 0.6 is 12.4 Å². The van der Waals surface area contributed by atoms with Crippen LogP contribution in [0.25, 0.3) is 0 Å². The lowest BCUT2D eigenvalue weighted by Crippen LogP contribution is -2.14. The van der Waals surface area contributed by atoms with Crippen LogP contribution in [0, 0.1) is 0 Å².